The summed E-state index contributed by atoms with van der Waals surface area (Å²) in [4.78, 5) is 0.126. The average molecular weight is 231 g/mol. The quantitative estimate of drug-likeness (QED) is 0.742. The molecule has 2 atom stereocenters. The molecule has 0 amide bonds. The molecule has 0 bridgehead atoms. The lowest BCUT2D eigenvalue weighted by molar-refractivity contribution is 0.390. The van der Waals surface area contributed by atoms with Gasteiger partial charge in [-0.2, -0.15) is 0 Å². The number of aryl methyl sites for hydroxylation is 2. The summed E-state index contributed by atoms with van der Waals surface area (Å²) in [6.45, 7) is 3.17. The van der Waals surface area contributed by atoms with E-state index in [-0.39, 0.29) is 17.0 Å². The monoisotopic (exact) mass is 231 g/mol. The fraction of sp³-hybridized carbons (Fsp3) is 0.625. The number of rotatable bonds is 3. The molecule has 1 fully saturated rings. The lowest BCUT2D eigenvalue weighted by atomic mass is 10.4. The van der Waals surface area contributed by atoms with Crippen LogP contribution >= 0.6 is 0 Å². The minimum atomic E-state index is -3.53. The van der Waals surface area contributed by atoms with Crippen LogP contribution in [0.5, 0.6) is 0 Å². The number of aromatic nitrogens is 1. The van der Waals surface area contributed by atoms with Gasteiger partial charge in [0, 0.05) is 12.1 Å². The van der Waals surface area contributed by atoms with Crippen LogP contribution in [0, 0.1) is 13.8 Å². The third-order valence-corrected chi connectivity index (χ3v) is 4.12. The van der Waals surface area contributed by atoms with Gasteiger partial charge in [0.05, 0.1) is 0 Å². The molecule has 1 aromatic rings. The van der Waals surface area contributed by atoms with E-state index in [0.29, 0.717) is 17.9 Å². The highest BCUT2D eigenvalue weighted by Gasteiger charge is 2.38. The Kier molecular flexibility index (Phi) is 2.32. The number of nitrogens with zero attached hydrogens (tertiary/aromatic N) is 1. The standard InChI is InChI=1S/C8H13N3O3S/c1-4-8(5(2)14-10-4)15(12,13)11-7-3-6(7)9/h6-7,11H,3,9H2,1-2H3. The first kappa shape index (κ1) is 10.6. The summed E-state index contributed by atoms with van der Waals surface area (Å²) in [5.41, 5.74) is 5.91. The second-order valence-corrected chi connectivity index (χ2v) is 5.43. The summed E-state index contributed by atoms with van der Waals surface area (Å²) in [5.74, 6) is 0.300. The first-order valence-corrected chi connectivity index (χ1v) is 6.11. The zero-order chi connectivity index (χ0) is 11.2. The molecule has 2 rings (SSSR count). The third-order valence-electron chi connectivity index (χ3n) is 2.38. The summed E-state index contributed by atoms with van der Waals surface area (Å²) in [6, 6.07) is -0.219. The zero-order valence-electron chi connectivity index (χ0n) is 8.52. The Bertz CT molecular complexity index is 460. The smallest absolute Gasteiger partial charge is 0.246 e. The van der Waals surface area contributed by atoms with E-state index in [1.54, 1.807) is 13.8 Å². The average Bonchev–Trinajstić information content (AvgIpc) is 2.63. The van der Waals surface area contributed by atoms with E-state index >= 15 is 0 Å². The maximum atomic E-state index is 11.9. The van der Waals surface area contributed by atoms with Crippen molar-refractivity contribution in [1.82, 2.24) is 9.88 Å². The molecule has 84 valence electrons. The van der Waals surface area contributed by atoms with E-state index in [0.717, 1.165) is 0 Å². The lowest BCUT2D eigenvalue weighted by Gasteiger charge is -2.04. The number of hydrogen-bond donors (Lipinski definition) is 2. The highest BCUT2D eigenvalue weighted by molar-refractivity contribution is 7.89. The molecule has 1 aromatic heterocycles. The Balaban J connectivity index is 2.29. The largest absolute Gasteiger partial charge is 0.360 e. The number of sulfonamides is 1. The molecular formula is C8H13N3O3S. The Morgan fingerprint density at radius 1 is 1.53 bits per heavy atom. The molecule has 1 heterocycles. The predicted octanol–water partition coefficient (Wildman–Crippen LogP) is -0.331. The number of nitrogens with two attached hydrogens (primary N) is 1. The molecule has 0 aliphatic heterocycles. The van der Waals surface area contributed by atoms with Crippen LogP contribution in [0.25, 0.3) is 0 Å². The van der Waals surface area contributed by atoms with Crippen molar-refractivity contribution in [3.05, 3.63) is 11.5 Å². The van der Waals surface area contributed by atoms with E-state index in [1.165, 1.54) is 0 Å². The summed E-state index contributed by atoms with van der Waals surface area (Å²) in [6.07, 6.45) is 0.683. The summed E-state index contributed by atoms with van der Waals surface area (Å²) >= 11 is 0. The Morgan fingerprint density at radius 2 is 2.13 bits per heavy atom. The van der Waals surface area contributed by atoms with Crippen LogP contribution in [0.3, 0.4) is 0 Å². The molecule has 1 aliphatic carbocycles. The van der Waals surface area contributed by atoms with Gasteiger partial charge in [-0.1, -0.05) is 5.16 Å². The molecule has 7 heteroatoms. The van der Waals surface area contributed by atoms with E-state index in [1.807, 2.05) is 0 Å². The van der Waals surface area contributed by atoms with E-state index in [2.05, 4.69) is 9.88 Å². The molecule has 0 spiro atoms. The predicted molar refractivity (Wildman–Crippen MR) is 52.7 cm³/mol. The minimum Gasteiger partial charge on any atom is -0.360 e. The molecule has 15 heavy (non-hydrogen) atoms. The Labute approximate surface area is 87.9 Å². The van der Waals surface area contributed by atoms with Gasteiger partial charge in [0.2, 0.25) is 10.0 Å². The van der Waals surface area contributed by atoms with Gasteiger partial charge in [-0.15, -0.1) is 0 Å². The Morgan fingerprint density at radius 3 is 2.53 bits per heavy atom. The molecule has 0 saturated heterocycles. The molecular weight excluding hydrogens is 218 g/mol. The van der Waals surface area contributed by atoms with Crippen molar-refractivity contribution in [3.8, 4) is 0 Å². The van der Waals surface area contributed by atoms with Crippen LogP contribution in [0.15, 0.2) is 9.42 Å². The first-order chi connectivity index (χ1) is 6.92. The number of nitrogens with one attached hydrogen (secondary N) is 1. The van der Waals surface area contributed by atoms with E-state index in [4.69, 9.17) is 10.3 Å². The van der Waals surface area contributed by atoms with Crippen LogP contribution in [0.2, 0.25) is 0 Å². The van der Waals surface area contributed by atoms with Gasteiger partial charge in [0.25, 0.3) is 0 Å². The van der Waals surface area contributed by atoms with Crippen LogP contribution in [-0.4, -0.2) is 25.7 Å². The minimum absolute atomic E-state index is 0.0692. The van der Waals surface area contributed by atoms with Gasteiger partial charge in [-0.05, 0) is 20.3 Å². The second kappa shape index (κ2) is 3.29. The molecule has 3 N–H and O–H groups in total. The highest BCUT2D eigenvalue weighted by Crippen LogP contribution is 2.24. The van der Waals surface area contributed by atoms with Crippen molar-refractivity contribution in [2.75, 3.05) is 0 Å². The van der Waals surface area contributed by atoms with Crippen molar-refractivity contribution in [3.63, 3.8) is 0 Å². The molecule has 2 unspecified atom stereocenters. The highest BCUT2D eigenvalue weighted by atomic mass is 32.2. The fourth-order valence-electron chi connectivity index (χ4n) is 1.47. The van der Waals surface area contributed by atoms with Crippen LogP contribution < -0.4 is 10.5 Å². The van der Waals surface area contributed by atoms with Gasteiger partial charge < -0.3 is 10.3 Å². The number of hydrogen-bond acceptors (Lipinski definition) is 5. The topological polar surface area (TPSA) is 98.2 Å². The van der Waals surface area contributed by atoms with Gasteiger partial charge in [0.1, 0.15) is 10.6 Å². The lowest BCUT2D eigenvalue weighted by Crippen LogP contribution is -2.30. The maximum Gasteiger partial charge on any atom is 0.246 e. The van der Waals surface area contributed by atoms with Gasteiger partial charge in [-0.25, -0.2) is 13.1 Å². The maximum absolute atomic E-state index is 11.9. The SMILES string of the molecule is Cc1noc(C)c1S(=O)(=O)NC1CC1N. The Hall–Kier alpha value is -0.920. The summed E-state index contributed by atoms with van der Waals surface area (Å²) in [5, 5.41) is 3.60. The third kappa shape index (κ3) is 1.90. The normalized spacial score (nSPS) is 25.5. The van der Waals surface area contributed by atoms with Crippen LogP contribution in [0.1, 0.15) is 17.9 Å². The fourth-order valence-corrected chi connectivity index (χ4v) is 3.10. The molecule has 6 nitrogen and oxygen atoms in total. The molecule has 1 saturated carbocycles. The van der Waals surface area contributed by atoms with Crippen LogP contribution in [-0.2, 0) is 10.0 Å². The van der Waals surface area contributed by atoms with Gasteiger partial charge in [0.15, 0.2) is 5.76 Å². The zero-order valence-corrected chi connectivity index (χ0v) is 9.34. The van der Waals surface area contributed by atoms with E-state index in [9.17, 15) is 8.42 Å². The first-order valence-electron chi connectivity index (χ1n) is 4.62. The van der Waals surface area contributed by atoms with Crippen molar-refractivity contribution in [2.45, 2.75) is 37.2 Å². The van der Waals surface area contributed by atoms with Crippen molar-refractivity contribution >= 4 is 10.0 Å². The van der Waals surface area contributed by atoms with Crippen molar-refractivity contribution in [2.24, 2.45) is 5.73 Å². The summed E-state index contributed by atoms with van der Waals surface area (Å²) in [7, 11) is -3.53. The molecule has 1 aliphatic rings. The van der Waals surface area contributed by atoms with Crippen LogP contribution in [0.4, 0.5) is 0 Å². The van der Waals surface area contributed by atoms with Crippen molar-refractivity contribution in [1.29, 1.82) is 0 Å². The van der Waals surface area contributed by atoms with E-state index < -0.39 is 10.0 Å². The van der Waals surface area contributed by atoms with Crippen molar-refractivity contribution < 1.29 is 12.9 Å². The summed E-state index contributed by atoms with van der Waals surface area (Å²) < 4.78 is 31.0. The molecule has 0 aromatic carbocycles. The van der Waals surface area contributed by atoms with Gasteiger partial charge >= 0.3 is 0 Å². The molecule has 0 radical (unpaired) electrons. The van der Waals surface area contributed by atoms with Gasteiger partial charge in [-0.3, -0.25) is 0 Å². The second-order valence-electron chi connectivity index (χ2n) is 3.78.